The van der Waals surface area contributed by atoms with E-state index < -0.39 is 15.6 Å². The maximum Gasteiger partial charge on any atom is 0.238 e. The van der Waals surface area contributed by atoms with Crippen LogP contribution in [0.4, 0.5) is 0 Å². The Morgan fingerprint density at radius 2 is 1.63 bits per heavy atom. The highest BCUT2D eigenvalue weighted by molar-refractivity contribution is 7.89. The molecule has 6 heteroatoms. The zero-order valence-electron chi connectivity index (χ0n) is 15.8. The summed E-state index contributed by atoms with van der Waals surface area (Å²) in [5.74, 6) is 0.675. The standard InChI is InChI=1S/C21H23NO4S/c1-13(2)15-6-5-7-16(12-15)18-19(26-21(3,4)20(18)23)14-8-10-17(11-9-14)27(22,24)25/h5-13H,1-4H3,(H2,22,24,25). The van der Waals surface area contributed by atoms with Crippen molar-refractivity contribution in [3.8, 4) is 0 Å². The van der Waals surface area contributed by atoms with Crippen molar-refractivity contribution in [2.75, 3.05) is 0 Å². The molecule has 2 N–H and O–H groups in total. The Hall–Kier alpha value is -2.44. The summed E-state index contributed by atoms with van der Waals surface area (Å²) in [6.45, 7) is 7.65. The molecule has 0 spiro atoms. The van der Waals surface area contributed by atoms with Gasteiger partial charge >= 0.3 is 0 Å². The molecule has 0 atom stereocenters. The quantitative estimate of drug-likeness (QED) is 0.869. The molecule has 0 unspecified atom stereocenters. The minimum Gasteiger partial charge on any atom is -0.478 e. The predicted molar refractivity (Wildman–Crippen MR) is 105 cm³/mol. The molecule has 0 bridgehead atoms. The van der Waals surface area contributed by atoms with E-state index in [-0.39, 0.29) is 10.7 Å². The molecule has 142 valence electrons. The van der Waals surface area contributed by atoms with Crippen molar-refractivity contribution < 1.29 is 17.9 Å². The zero-order valence-corrected chi connectivity index (χ0v) is 16.6. The van der Waals surface area contributed by atoms with Crippen molar-refractivity contribution in [3.05, 3.63) is 65.2 Å². The first kappa shape index (κ1) is 19.3. The Kier molecular flexibility index (Phi) is 4.74. The van der Waals surface area contributed by atoms with E-state index in [1.807, 2.05) is 24.3 Å². The Bertz CT molecular complexity index is 1030. The van der Waals surface area contributed by atoms with Crippen molar-refractivity contribution in [1.82, 2.24) is 0 Å². The third kappa shape index (κ3) is 3.68. The number of hydrogen-bond donors (Lipinski definition) is 1. The van der Waals surface area contributed by atoms with Gasteiger partial charge in [-0.3, -0.25) is 4.79 Å². The van der Waals surface area contributed by atoms with Crippen molar-refractivity contribution >= 4 is 27.1 Å². The van der Waals surface area contributed by atoms with Crippen LogP contribution in [-0.4, -0.2) is 19.8 Å². The number of carbonyl (C=O) groups excluding carboxylic acids is 1. The molecule has 0 aliphatic carbocycles. The van der Waals surface area contributed by atoms with Crippen LogP contribution in [0, 0.1) is 0 Å². The van der Waals surface area contributed by atoms with Gasteiger partial charge in [-0.25, -0.2) is 13.6 Å². The molecule has 0 amide bonds. The highest BCUT2D eigenvalue weighted by Gasteiger charge is 2.42. The molecular weight excluding hydrogens is 362 g/mol. The van der Waals surface area contributed by atoms with Crippen molar-refractivity contribution in [2.45, 2.75) is 44.1 Å². The van der Waals surface area contributed by atoms with Gasteiger partial charge in [-0.05, 0) is 55.2 Å². The molecule has 0 saturated carbocycles. The van der Waals surface area contributed by atoms with Gasteiger partial charge in [0, 0.05) is 5.56 Å². The van der Waals surface area contributed by atoms with Gasteiger partial charge in [0.25, 0.3) is 0 Å². The molecule has 0 saturated heterocycles. The lowest BCUT2D eigenvalue weighted by molar-refractivity contribution is -0.125. The van der Waals surface area contributed by atoms with Crippen LogP contribution in [0.15, 0.2) is 53.4 Å². The first-order chi connectivity index (χ1) is 12.5. The number of hydrogen-bond acceptors (Lipinski definition) is 4. The van der Waals surface area contributed by atoms with Gasteiger partial charge in [0.2, 0.25) is 15.8 Å². The smallest absolute Gasteiger partial charge is 0.238 e. The fourth-order valence-corrected chi connectivity index (χ4v) is 3.59. The SMILES string of the molecule is CC(C)c1cccc(C2=C(c3ccc(S(N)(=O)=O)cc3)OC(C)(C)C2=O)c1. The van der Waals surface area contributed by atoms with Crippen LogP contribution >= 0.6 is 0 Å². The van der Waals surface area contributed by atoms with Crippen LogP contribution in [0.5, 0.6) is 0 Å². The Morgan fingerprint density at radius 1 is 1.00 bits per heavy atom. The van der Waals surface area contributed by atoms with E-state index in [2.05, 4.69) is 13.8 Å². The van der Waals surface area contributed by atoms with Crippen LogP contribution in [0.1, 0.15) is 50.3 Å². The second-order valence-electron chi connectivity index (χ2n) is 7.50. The normalized spacial score (nSPS) is 16.7. The molecule has 5 nitrogen and oxygen atoms in total. The summed E-state index contributed by atoms with van der Waals surface area (Å²) in [5, 5.41) is 5.16. The lowest BCUT2D eigenvalue weighted by Crippen LogP contribution is -2.29. The van der Waals surface area contributed by atoms with Crippen LogP contribution in [0.2, 0.25) is 0 Å². The van der Waals surface area contributed by atoms with E-state index in [1.165, 1.54) is 12.1 Å². The summed E-state index contributed by atoms with van der Waals surface area (Å²) in [7, 11) is -3.78. The largest absolute Gasteiger partial charge is 0.478 e. The van der Waals surface area contributed by atoms with Crippen LogP contribution < -0.4 is 5.14 Å². The summed E-state index contributed by atoms with van der Waals surface area (Å²) in [5.41, 5.74) is 2.07. The predicted octanol–water partition coefficient (Wildman–Crippen LogP) is 3.70. The summed E-state index contributed by atoms with van der Waals surface area (Å²) in [4.78, 5) is 13.0. The summed E-state index contributed by atoms with van der Waals surface area (Å²) >= 11 is 0. The molecule has 1 aliphatic heterocycles. The Labute approximate surface area is 159 Å². The average molecular weight is 385 g/mol. The Morgan fingerprint density at radius 3 is 2.19 bits per heavy atom. The zero-order chi connectivity index (χ0) is 20.0. The minimum atomic E-state index is -3.78. The van der Waals surface area contributed by atoms with Gasteiger partial charge in [-0.2, -0.15) is 0 Å². The van der Waals surface area contributed by atoms with E-state index in [1.54, 1.807) is 26.0 Å². The monoisotopic (exact) mass is 385 g/mol. The molecule has 1 aliphatic rings. The lowest BCUT2D eigenvalue weighted by Gasteiger charge is -2.18. The van der Waals surface area contributed by atoms with E-state index in [0.717, 1.165) is 11.1 Å². The first-order valence-corrected chi connectivity index (χ1v) is 10.3. The lowest BCUT2D eigenvalue weighted by atomic mass is 9.90. The number of primary sulfonamides is 1. The topological polar surface area (TPSA) is 86.5 Å². The molecule has 27 heavy (non-hydrogen) atoms. The fraction of sp³-hybridized carbons (Fsp3) is 0.286. The number of ether oxygens (including phenoxy) is 1. The number of benzene rings is 2. The molecule has 2 aromatic rings. The second kappa shape index (κ2) is 6.62. The highest BCUT2D eigenvalue weighted by Crippen LogP contribution is 2.41. The summed E-state index contributed by atoms with van der Waals surface area (Å²) < 4.78 is 29.0. The first-order valence-electron chi connectivity index (χ1n) is 8.72. The molecular formula is C21H23NO4S. The third-order valence-corrected chi connectivity index (χ3v) is 5.57. The minimum absolute atomic E-state index is 0.0128. The Balaban J connectivity index is 2.17. The number of carbonyl (C=O) groups is 1. The van der Waals surface area contributed by atoms with E-state index in [0.29, 0.717) is 22.8 Å². The molecule has 1 heterocycles. The van der Waals surface area contributed by atoms with E-state index >= 15 is 0 Å². The number of nitrogens with two attached hydrogens (primary N) is 1. The molecule has 0 aromatic heterocycles. The molecule has 0 fully saturated rings. The number of ketones is 1. The number of sulfonamides is 1. The summed E-state index contributed by atoms with van der Waals surface area (Å²) in [6.07, 6.45) is 0. The van der Waals surface area contributed by atoms with Crippen molar-refractivity contribution in [3.63, 3.8) is 0 Å². The van der Waals surface area contributed by atoms with Crippen molar-refractivity contribution in [1.29, 1.82) is 0 Å². The van der Waals surface area contributed by atoms with Gasteiger partial charge in [0.05, 0.1) is 10.5 Å². The van der Waals surface area contributed by atoms with E-state index in [9.17, 15) is 13.2 Å². The highest BCUT2D eigenvalue weighted by atomic mass is 32.2. The average Bonchev–Trinajstić information content (AvgIpc) is 2.84. The second-order valence-corrected chi connectivity index (χ2v) is 9.06. The fourth-order valence-electron chi connectivity index (χ4n) is 3.07. The number of Topliss-reactive ketones (excluding diaryl/α,β-unsaturated/α-hetero) is 1. The van der Waals surface area contributed by atoms with Crippen molar-refractivity contribution in [2.24, 2.45) is 5.14 Å². The van der Waals surface area contributed by atoms with Gasteiger partial charge in [0.1, 0.15) is 5.76 Å². The van der Waals surface area contributed by atoms with Gasteiger partial charge < -0.3 is 4.74 Å². The molecule has 3 rings (SSSR count). The van der Waals surface area contributed by atoms with Crippen LogP contribution in [0.3, 0.4) is 0 Å². The van der Waals surface area contributed by atoms with Gasteiger partial charge in [-0.1, -0.05) is 38.1 Å². The van der Waals surface area contributed by atoms with Crippen LogP contribution in [-0.2, 0) is 19.6 Å². The van der Waals surface area contributed by atoms with Crippen LogP contribution in [0.25, 0.3) is 11.3 Å². The molecule has 0 radical (unpaired) electrons. The third-order valence-electron chi connectivity index (χ3n) is 4.65. The summed E-state index contributed by atoms with van der Waals surface area (Å²) in [6, 6.07) is 13.9. The van der Waals surface area contributed by atoms with Gasteiger partial charge in [0.15, 0.2) is 5.60 Å². The molecule has 2 aromatic carbocycles. The van der Waals surface area contributed by atoms with E-state index in [4.69, 9.17) is 9.88 Å². The maximum absolute atomic E-state index is 13.0. The number of rotatable bonds is 4. The van der Waals surface area contributed by atoms with Gasteiger partial charge in [-0.15, -0.1) is 0 Å². The maximum atomic E-state index is 13.0.